The number of carbonyl (C=O) groups excluding carboxylic acids is 16. The second kappa shape index (κ2) is 44.6. The zero-order valence-corrected chi connectivity index (χ0v) is 77.5. The SMILES string of the molecule is CC=CC[C@@H](C)C(OC(=O)OCOC(=O)C[C@@H](N)C(=O)OCC(=O)[C@@]1(O)CCC2C3CCC4=CC(=O)C=C[C@]4(C)C3[C@@H](O)C[C@@]21C)C1C(=O)NC(CC)C(=O)N(C)CC(=O)N(C)[C@@H](CC(C)C)C(=O)NC(C(C)C)C(=O)N(C)C(CC(C)C)C(=O)NC(C)C(=O)NC(C)C(=O)N(C)C(CC(C)C)C(=O)N(C)C(CC(C)C)C(=O)N(C)C(C(C)C)C(=O)N1C. The topological polar surface area (TPSA) is 447 Å². The molecule has 34 nitrogen and oxygen atoms in total. The summed E-state index contributed by atoms with van der Waals surface area (Å²) in [4.78, 5) is 240. The highest BCUT2D eigenvalue weighted by Gasteiger charge is 2.68. The van der Waals surface area contributed by atoms with Crippen molar-refractivity contribution in [2.45, 2.75) is 293 Å². The Kier molecular flexibility index (Phi) is 37.9. The molecule has 1 saturated heterocycles. The summed E-state index contributed by atoms with van der Waals surface area (Å²) in [5, 5.41) is 35.1. The highest BCUT2D eigenvalue weighted by Crippen LogP contribution is 2.67. The first kappa shape index (κ1) is 104. The fourth-order valence-corrected chi connectivity index (χ4v) is 18.6. The first-order chi connectivity index (χ1) is 57.1. The summed E-state index contributed by atoms with van der Waals surface area (Å²) >= 11 is 0. The molecular formula is C89H144N12O22. The highest BCUT2D eigenvalue weighted by molar-refractivity contribution is 6.02. The number of aliphatic hydroxyl groups excluding tert-OH is 1. The van der Waals surface area contributed by atoms with Gasteiger partial charge in [0.2, 0.25) is 77.6 Å². The summed E-state index contributed by atoms with van der Waals surface area (Å²) in [5.41, 5.74) is 3.32. The molecule has 20 atom stereocenters. The van der Waals surface area contributed by atoms with Crippen LogP contribution in [0.3, 0.4) is 0 Å². The van der Waals surface area contributed by atoms with Gasteiger partial charge in [-0.3, -0.25) is 71.9 Å². The van der Waals surface area contributed by atoms with Crippen LogP contribution in [0, 0.1) is 70.0 Å². The smallest absolute Gasteiger partial charge is 0.456 e. The van der Waals surface area contributed by atoms with Gasteiger partial charge >= 0.3 is 18.1 Å². The van der Waals surface area contributed by atoms with Gasteiger partial charge in [0.15, 0.2) is 12.4 Å². The Morgan fingerprint density at radius 2 is 1.12 bits per heavy atom. The minimum Gasteiger partial charge on any atom is -0.456 e. The van der Waals surface area contributed by atoms with Gasteiger partial charge in [-0.05, 0) is 157 Å². The molecule has 8 N–H and O–H groups in total. The minimum absolute atomic E-state index is 0.0208. The zero-order chi connectivity index (χ0) is 93.4. The molecule has 0 aromatic rings. The van der Waals surface area contributed by atoms with E-state index in [9.17, 15) is 67.7 Å². The van der Waals surface area contributed by atoms with Crippen molar-refractivity contribution in [3.63, 3.8) is 0 Å². The molecule has 0 aromatic carbocycles. The van der Waals surface area contributed by atoms with Gasteiger partial charge in [0, 0.05) is 66.1 Å². The number of amides is 11. The first-order valence-corrected chi connectivity index (χ1v) is 43.6. The van der Waals surface area contributed by atoms with Crippen molar-refractivity contribution in [3.8, 4) is 0 Å². The molecule has 5 aliphatic rings. The number of ketones is 2. The standard InChI is InChI=1S/C89H144N12O22/c1-27-29-30-53(15)74(123-86(118)122-46-121-69(106)42-60(90)85(117)120-45-67(104)89(119)36-34-59-58-32-31-56-41-57(102)33-35-87(56,18)70(58)66(103)43-88(59,89)19)73-78(110)93-61(28-2)80(112)95(20)44-68(105)96(21)62(37-47(3)4)77(109)94-71(51(11)12)83(115)97(22)63(38-48(5)6)76(108)91-54(16)75(107)92-55(17)79(111)98(23)64(39-49(7)8)81(113)99(24)65(40-50(9)10)82(114)100(25)72(52(13)14)84(116)101(73)26/h27,29,33,35,41,47-55,58-66,70-74,103,119H,28,30-32,34,36-40,42-46,90H2,1-26H3,(H,91,108)(H,92,107)(H,93,110)(H,94,109)/t53-,54?,55?,58?,59?,60-,61?,62+,63?,64?,65?,66+,70?,71?,72?,73?,74?,87+,88+,89+/m1/s1. The van der Waals surface area contributed by atoms with Gasteiger partial charge in [-0.15, -0.1) is 0 Å². The van der Waals surface area contributed by atoms with E-state index in [0.717, 1.165) is 25.2 Å². The van der Waals surface area contributed by atoms with Crippen LogP contribution in [-0.2, 0) is 90.9 Å². The van der Waals surface area contributed by atoms with Gasteiger partial charge in [0.1, 0.15) is 78.2 Å². The molecule has 5 rings (SSSR count). The summed E-state index contributed by atoms with van der Waals surface area (Å²) in [6, 6.07) is -15.6. The number of nitrogens with two attached hydrogens (primary N) is 1. The second-order valence-corrected chi connectivity index (χ2v) is 37.7. The summed E-state index contributed by atoms with van der Waals surface area (Å²) in [7, 11) is 9.41. The number of rotatable bonds is 24. The number of nitrogens with zero attached hydrogens (tertiary/aromatic N) is 7. The second-order valence-electron chi connectivity index (χ2n) is 37.7. The van der Waals surface area contributed by atoms with Gasteiger partial charge in [0.05, 0.1) is 19.1 Å². The number of aliphatic hydroxyl groups is 2. The number of fused-ring (bicyclic) bond motifs is 5. The molecule has 3 saturated carbocycles. The van der Waals surface area contributed by atoms with Crippen LogP contribution in [0.25, 0.3) is 0 Å². The average molecular weight is 1730 g/mol. The Morgan fingerprint density at radius 1 is 0.602 bits per heavy atom. The van der Waals surface area contributed by atoms with Crippen molar-refractivity contribution in [1.29, 1.82) is 0 Å². The minimum atomic E-state index is -2.02. The zero-order valence-electron chi connectivity index (χ0n) is 77.5. The Bertz CT molecular complexity index is 3940. The summed E-state index contributed by atoms with van der Waals surface area (Å²) in [5.74, 6) is -15.9. The first-order valence-electron chi connectivity index (χ1n) is 43.6. The lowest BCUT2D eigenvalue weighted by atomic mass is 9.46. The Balaban J connectivity index is 1.52. The van der Waals surface area contributed by atoms with Crippen LogP contribution in [0.15, 0.2) is 36.0 Å². The van der Waals surface area contributed by atoms with E-state index in [1.54, 1.807) is 73.6 Å². The normalized spacial score (nSPS) is 30.5. The molecule has 123 heavy (non-hydrogen) atoms. The maximum atomic E-state index is 15.9. The van der Waals surface area contributed by atoms with Crippen molar-refractivity contribution in [2.24, 2.45) is 75.7 Å². The summed E-state index contributed by atoms with van der Waals surface area (Å²) < 4.78 is 21.8. The van der Waals surface area contributed by atoms with Gasteiger partial charge < -0.3 is 90.5 Å². The quantitative estimate of drug-likeness (QED) is 0.0296. The van der Waals surface area contributed by atoms with E-state index in [1.807, 2.05) is 68.4 Å². The molecule has 0 aromatic heterocycles. The van der Waals surface area contributed by atoms with Crippen molar-refractivity contribution in [3.05, 3.63) is 36.0 Å². The molecule has 4 fully saturated rings. The molecule has 13 unspecified atom stereocenters. The lowest BCUT2D eigenvalue weighted by Crippen LogP contribution is -2.64. The van der Waals surface area contributed by atoms with Crippen LogP contribution in [-0.4, -0.2) is 293 Å². The number of nitrogens with one attached hydrogen (secondary N) is 4. The van der Waals surface area contributed by atoms with E-state index in [-0.39, 0.29) is 98.6 Å². The monoisotopic (exact) mass is 1730 g/mol. The van der Waals surface area contributed by atoms with E-state index in [1.165, 1.54) is 84.0 Å². The van der Waals surface area contributed by atoms with E-state index in [4.69, 9.17) is 24.7 Å². The maximum absolute atomic E-state index is 15.9. The van der Waals surface area contributed by atoms with Gasteiger partial charge in [0.25, 0.3) is 0 Å². The Hall–Kier alpha value is -9.18. The molecule has 1 aliphatic heterocycles. The van der Waals surface area contributed by atoms with E-state index in [0.29, 0.717) is 19.3 Å². The average Bonchev–Trinajstić information content (AvgIpc) is 1.59. The van der Waals surface area contributed by atoms with Crippen LogP contribution in [0.5, 0.6) is 0 Å². The van der Waals surface area contributed by atoms with E-state index >= 15 is 19.2 Å². The fraction of sp³-hybridized carbons (Fsp3) is 0.753. The Labute approximate surface area is 726 Å². The molecule has 34 heteroatoms. The largest absolute Gasteiger partial charge is 0.511 e. The summed E-state index contributed by atoms with van der Waals surface area (Å²) in [6.07, 6.45) is 5.07. The molecule has 0 spiro atoms. The van der Waals surface area contributed by atoms with Crippen molar-refractivity contribution in [2.75, 3.05) is 69.3 Å². The lowest BCUT2D eigenvalue weighted by molar-refractivity contribution is -0.181. The van der Waals surface area contributed by atoms with Crippen LogP contribution in [0.4, 0.5) is 4.79 Å². The number of ether oxygens (including phenoxy) is 4. The fourth-order valence-electron chi connectivity index (χ4n) is 18.6. The maximum Gasteiger partial charge on any atom is 0.511 e. The third kappa shape index (κ3) is 25.1. The van der Waals surface area contributed by atoms with Crippen LogP contribution in [0.1, 0.15) is 209 Å². The van der Waals surface area contributed by atoms with Crippen molar-refractivity contribution in [1.82, 2.24) is 55.6 Å². The van der Waals surface area contributed by atoms with E-state index in [2.05, 4.69) is 21.3 Å². The van der Waals surface area contributed by atoms with Gasteiger partial charge in [-0.2, -0.15) is 0 Å². The summed E-state index contributed by atoms with van der Waals surface area (Å²) in [6.45, 7) is 29.8. The van der Waals surface area contributed by atoms with Gasteiger partial charge in [-0.1, -0.05) is 135 Å². The molecule has 4 aliphatic carbocycles. The number of allylic oxidation sites excluding steroid dienone is 6. The lowest BCUT2D eigenvalue weighted by Gasteiger charge is -2.59. The van der Waals surface area contributed by atoms with Crippen LogP contribution in [0.2, 0.25) is 0 Å². The molecule has 0 bridgehead atoms. The number of likely N-dealkylation sites (N-methyl/N-ethyl adjacent to an activating group) is 7. The predicted molar refractivity (Wildman–Crippen MR) is 456 cm³/mol. The number of hydrogen-bond donors (Lipinski definition) is 7. The van der Waals surface area contributed by atoms with Crippen molar-refractivity contribution >= 4 is 94.6 Å². The van der Waals surface area contributed by atoms with Gasteiger partial charge in [-0.25, -0.2) is 4.79 Å². The molecule has 11 amide bonds. The van der Waals surface area contributed by atoms with Crippen LogP contribution >= 0.6 is 0 Å². The van der Waals surface area contributed by atoms with Crippen LogP contribution < -0.4 is 27.0 Å². The number of esters is 2. The predicted octanol–water partition coefficient (Wildman–Crippen LogP) is 4.77. The molecule has 0 radical (unpaired) electrons. The number of carbonyl (C=O) groups is 16. The third-order valence-electron chi connectivity index (χ3n) is 25.8. The molecule has 692 valence electrons. The number of hydrogen-bond acceptors (Lipinski definition) is 23. The Morgan fingerprint density at radius 3 is 1.67 bits per heavy atom. The van der Waals surface area contributed by atoms with E-state index < -0.39 is 228 Å². The highest BCUT2D eigenvalue weighted by atomic mass is 16.8. The number of Topliss-reactive ketones (excluding diaryl/α,β-unsaturated/α-hetero) is 1. The molecular weight excluding hydrogens is 1590 g/mol. The molecule has 1 heterocycles. The van der Waals surface area contributed by atoms with Crippen molar-refractivity contribution < 1.29 is 106 Å². The third-order valence-corrected chi connectivity index (χ3v) is 25.8.